The van der Waals surface area contributed by atoms with E-state index in [2.05, 4.69) is 5.32 Å². The fourth-order valence-electron chi connectivity index (χ4n) is 4.73. The number of anilines is 1. The van der Waals surface area contributed by atoms with Crippen LogP contribution in [0.5, 0.6) is 0 Å². The van der Waals surface area contributed by atoms with Gasteiger partial charge in [-0.3, -0.25) is 13.9 Å². The number of hydrogen-bond donors (Lipinski definition) is 1. The second-order valence-corrected chi connectivity index (χ2v) is 12.3. The number of sulfonamides is 1. The average molecular weight is 587 g/mol. The lowest BCUT2D eigenvalue weighted by atomic mass is 10.1. The van der Waals surface area contributed by atoms with Gasteiger partial charge in [-0.25, -0.2) is 12.8 Å². The van der Waals surface area contributed by atoms with Gasteiger partial charge in [0, 0.05) is 30.6 Å². The largest absolute Gasteiger partial charge is 0.352 e. The maximum Gasteiger partial charge on any atom is 0.243 e. The van der Waals surface area contributed by atoms with Crippen molar-refractivity contribution in [3.05, 3.63) is 63.9 Å². The van der Waals surface area contributed by atoms with Crippen molar-refractivity contribution in [3.63, 3.8) is 0 Å². The van der Waals surface area contributed by atoms with E-state index >= 15 is 0 Å². The van der Waals surface area contributed by atoms with Crippen molar-refractivity contribution in [2.75, 3.05) is 17.1 Å². The smallest absolute Gasteiger partial charge is 0.243 e. The van der Waals surface area contributed by atoms with Gasteiger partial charge in [0.15, 0.2) is 0 Å². The first-order valence-corrected chi connectivity index (χ1v) is 15.4. The van der Waals surface area contributed by atoms with Crippen molar-refractivity contribution in [2.45, 2.75) is 70.5 Å². The lowest BCUT2D eigenvalue weighted by Gasteiger charge is -2.32. The Balaban J connectivity index is 1.77. The van der Waals surface area contributed by atoms with Gasteiger partial charge < -0.3 is 10.2 Å². The van der Waals surface area contributed by atoms with Gasteiger partial charge in [0.05, 0.1) is 17.0 Å². The molecule has 1 N–H and O–H groups in total. The molecular weight excluding hydrogens is 552 g/mol. The summed E-state index contributed by atoms with van der Waals surface area (Å²) in [6, 6.07) is 9.74. The molecule has 0 saturated heterocycles. The van der Waals surface area contributed by atoms with Gasteiger partial charge in [0.25, 0.3) is 0 Å². The van der Waals surface area contributed by atoms with Crippen LogP contribution < -0.4 is 9.62 Å². The molecular formula is C27H34Cl2FN3O4S. The van der Waals surface area contributed by atoms with E-state index in [1.54, 1.807) is 18.2 Å². The third kappa shape index (κ3) is 8.32. The number of halogens is 3. The predicted molar refractivity (Wildman–Crippen MR) is 149 cm³/mol. The summed E-state index contributed by atoms with van der Waals surface area (Å²) < 4.78 is 39.7. The van der Waals surface area contributed by atoms with Gasteiger partial charge in [0.1, 0.15) is 11.9 Å². The minimum absolute atomic E-state index is 0.0000853. The van der Waals surface area contributed by atoms with Crippen LogP contribution in [0.1, 0.15) is 57.4 Å². The summed E-state index contributed by atoms with van der Waals surface area (Å²) in [5, 5.41) is 3.63. The number of carbonyl (C=O) groups is 2. The van der Waals surface area contributed by atoms with E-state index in [-0.39, 0.29) is 54.5 Å². The van der Waals surface area contributed by atoms with Gasteiger partial charge in [-0.2, -0.15) is 0 Å². The SMILES string of the molecule is CC[C@@H](C(=O)NC1CCCC1)N(Cc1ccc(F)cc1)C(=O)CCCN(c1cc(Cl)ccc1Cl)S(C)(=O)=O. The van der Waals surface area contributed by atoms with Crippen LogP contribution in [-0.2, 0) is 26.2 Å². The maximum absolute atomic E-state index is 13.5. The molecule has 2 aromatic rings. The van der Waals surface area contributed by atoms with Crippen LogP contribution in [0.3, 0.4) is 0 Å². The van der Waals surface area contributed by atoms with Crippen molar-refractivity contribution >= 4 is 50.7 Å². The quantitative estimate of drug-likeness (QED) is 0.354. The molecule has 0 aromatic heterocycles. The van der Waals surface area contributed by atoms with Crippen LogP contribution in [0.15, 0.2) is 42.5 Å². The summed E-state index contributed by atoms with van der Waals surface area (Å²) in [6.07, 6.45) is 5.62. The van der Waals surface area contributed by atoms with Crippen LogP contribution >= 0.6 is 23.2 Å². The minimum atomic E-state index is -3.71. The summed E-state index contributed by atoms with van der Waals surface area (Å²) in [4.78, 5) is 28.2. The minimum Gasteiger partial charge on any atom is -0.352 e. The van der Waals surface area contributed by atoms with E-state index in [0.29, 0.717) is 17.0 Å². The topological polar surface area (TPSA) is 86.8 Å². The molecule has 1 fully saturated rings. The van der Waals surface area contributed by atoms with Crippen LogP contribution in [0, 0.1) is 5.82 Å². The Morgan fingerprint density at radius 1 is 1.11 bits per heavy atom. The number of rotatable bonds is 12. The zero-order chi connectivity index (χ0) is 27.9. The molecule has 1 aliphatic rings. The second-order valence-electron chi connectivity index (χ2n) is 9.60. The summed E-state index contributed by atoms with van der Waals surface area (Å²) in [5.74, 6) is -0.898. The zero-order valence-electron chi connectivity index (χ0n) is 21.6. The van der Waals surface area contributed by atoms with Crippen molar-refractivity contribution < 1.29 is 22.4 Å². The van der Waals surface area contributed by atoms with Crippen LogP contribution in [0.4, 0.5) is 10.1 Å². The number of nitrogens with one attached hydrogen (secondary N) is 1. The number of benzene rings is 2. The molecule has 1 saturated carbocycles. The Hall–Kier alpha value is -2.36. The summed E-state index contributed by atoms with van der Waals surface area (Å²) in [6.45, 7) is 1.97. The molecule has 7 nitrogen and oxygen atoms in total. The average Bonchev–Trinajstić information content (AvgIpc) is 3.36. The Labute approximate surface area is 234 Å². The predicted octanol–water partition coefficient (Wildman–Crippen LogP) is 5.54. The second kappa shape index (κ2) is 13.6. The molecule has 2 amide bonds. The molecule has 1 aliphatic carbocycles. The highest BCUT2D eigenvalue weighted by atomic mass is 35.5. The number of nitrogens with zero attached hydrogens (tertiary/aromatic N) is 2. The molecule has 208 valence electrons. The van der Waals surface area contributed by atoms with Crippen LogP contribution in [0.2, 0.25) is 10.0 Å². The molecule has 0 bridgehead atoms. The molecule has 0 heterocycles. The molecule has 0 aliphatic heterocycles. The molecule has 11 heteroatoms. The van der Waals surface area contributed by atoms with Gasteiger partial charge >= 0.3 is 0 Å². The maximum atomic E-state index is 13.5. The highest BCUT2D eigenvalue weighted by Crippen LogP contribution is 2.31. The monoisotopic (exact) mass is 585 g/mol. The fraction of sp³-hybridized carbons (Fsp3) is 0.481. The number of hydrogen-bond acceptors (Lipinski definition) is 4. The van der Waals surface area contributed by atoms with Gasteiger partial charge in [0.2, 0.25) is 21.8 Å². The Morgan fingerprint density at radius 3 is 2.37 bits per heavy atom. The Morgan fingerprint density at radius 2 is 1.76 bits per heavy atom. The van der Waals surface area contributed by atoms with E-state index in [1.807, 2.05) is 6.92 Å². The molecule has 2 aromatic carbocycles. The van der Waals surface area contributed by atoms with E-state index in [4.69, 9.17) is 23.2 Å². The first kappa shape index (κ1) is 30.2. The van der Waals surface area contributed by atoms with E-state index in [0.717, 1.165) is 36.2 Å². The standard InChI is InChI=1S/C27H34Cl2FN3O4S/c1-3-24(27(35)31-22-7-4-5-8-22)32(18-19-10-13-21(30)14-11-19)26(34)9-6-16-33(38(2,36)37)25-17-20(28)12-15-23(25)29/h10-15,17,22,24H,3-9,16,18H2,1-2H3,(H,31,35)/t24-/m0/s1. The van der Waals surface area contributed by atoms with Gasteiger partial charge in [-0.1, -0.05) is 55.1 Å². The van der Waals surface area contributed by atoms with Crippen molar-refractivity contribution in [3.8, 4) is 0 Å². The summed E-state index contributed by atoms with van der Waals surface area (Å²) in [5.41, 5.74) is 0.926. The molecule has 0 unspecified atom stereocenters. The van der Waals surface area contributed by atoms with E-state index in [1.165, 1.54) is 29.2 Å². The van der Waals surface area contributed by atoms with Crippen molar-refractivity contribution in [1.82, 2.24) is 10.2 Å². The highest BCUT2D eigenvalue weighted by molar-refractivity contribution is 7.92. The van der Waals surface area contributed by atoms with Crippen molar-refractivity contribution in [2.24, 2.45) is 0 Å². The number of carbonyl (C=O) groups excluding carboxylic acids is 2. The molecule has 3 rings (SSSR count). The highest BCUT2D eigenvalue weighted by Gasteiger charge is 2.31. The molecule has 38 heavy (non-hydrogen) atoms. The third-order valence-electron chi connectivity index (χ3n) is 6.68. The van der Waals surface area contributed by atoms with Gasteiger partial charge in [-0.15, -0.1) is 0 Å². The summed E-state index contributed by atoms with van der Waals surface area (Å²) >= 11 is 12.3. The number of amides is 2. The van der Waals surface area contributed by atoms with Crippen molar-refractivity contribution in [1.29, 1.82) is 0 Å². The molecule has 1 atom stereocenters. The third-order valence-corrected chi connectivity index (χ3v) is 8.42. The molecule has 0 radical (unpaired) electrons. The van der Waals surface area contributed by atoms with E-state index in [9.17, 15) is 22.4 Å². The zero-order valence-corrected chi connectivity index (χ0v) is 24.0. The molecule has 0 spiro atoms. The van der Waals surface area contributed by atoms with Gasteiger partial charge in [-0.05, 0) is 61.6 Å². The first-order valence-electron chi connectivity index (χ1n) is 12.8. The van der Waals surface area contributed by atoms with E-state index < -0.39 is 21.9 Å². The summed E-state index contributed by atoms with van der Waals surface area (Å²) in [7, 11) is -3.71. The lowest BCUT2D eigenvalue weighted by molar-refractivity contribution is -0.141. The lowest BCUT2D eigenvalue weighted by Crippen LogP contribution is -2.51. The van der Waals surface area contributed by atoms with Crippen LogP contribution in [0.25, 0.3) is 0 Å². The van der Waals surface area contributed by atoms with Crippen LogP contribution in [-0.4, -0.2) is 50.0 Å². The Bertz CT molecular complexity index is 1220. The normalized spacial score (nSPS) is 14.8. The fourth-order valence-corrected chi connectivity index (χ4v) is 6.14. The Kier molecular flexibility index (Phi) is 10.8. The first-order chi connectivity index (χ1) is 18.0.